The van der Waals surface area contributed by atoms with Gasteiger partial charge in [0.15, 0.2) is 0 Å². The minimum atomic E-state index is -0.0516. The number of nitrogens with one attached hydrogen (secondary N) is 1. The lowest BCUT2D eigenvalue weighted by Gasteiger charge is -2.25. The molecule has 0 aliphatic carbocycles. The second-order valence-corrected chi connectivity index (χ2v) is 7.16. The SMILES string of the molecule is Cc1cccc(Cn2ncc(C)c2NC(=O)C2CCCCCN2C)c1. The topological polar surface area (TPSA) is 50.2 Å². The summed E-state index contributed by atoms with van der Waals surface area (Å²) in [5.74, 6) is 0.891. The fraction of sp³-hybridized carbons (Fsp3) is 0.500. The van der Waals surface area contributed by atoms with Gasteiger partial charge in [-0.05, 0) is 45.8 Å². The van der Waals surface area contributed by atoms with Gasteiger partial charge in [-0.1, -0.05) is 42.7 Å². The summed E-state index contributed by atoms with van der Waals surface area (Å²) in [6, 6.07) is 8.34. The Morgan fingerprint density at radius 2 is 2.12 bits per heavy atom. The third kappa shape index (κ3) is 4.28. The lowest BCUT2D eigenvalue weighted by atomic mass is 10.1. The van der Waals surface area contributed by atoms with Crippen LogP contribution in [0.15, 0.2) is 30.5 Å². The molecule has 2 aromatic rings. The van der Waals surface area contributed by atoms with E-state index in [0.717, 1.165) is 30.8 Å². The van der Waals surface area contributed by atoms with Gasteiger partial charge in [0.05, 0.1) is 18.8 Å². The van der Waals surface area contributed by atoms with E-state index < -0.39 is 0 Å². The fourth-order valence-corrected chi connectivity index (χ4v) is 3.53. The minimum Gasteiger partial charge on any atom is -0.309 e. The van der Waals surface area contributed by atoms with Gasteiger partial charge in [0.25, 0.3) is 0 Å². The quantitative estimate of drug-likeness (QED) is 0.928. The van der Waals surface area contributed by atoms with Crippen molar-refractivity contribution in [3.05, 3.63) is 47.2 Å². The molecule has 5 heteroatoms. The van der Waals surface area contributed by atoms with Crippen molar-refractivity contribution in [3.63, 3.8) is 0 Å². The highest BCUT2D eigenvalue weighted by molar-refractivity contribution is 5.94. The standard InChI is InChI=1S/C20H28N4O/c1-15-8-7-9-17(12-15)14-24-19(16(2)13-21-24)22-20(25)18-10-5-4-6-11-23(18)3/h7-9,12-13,18H,4-6,10-11,14H2,1-3H3,(H,22,25). The number of likely N-dealkylation sites (N-methyl/N-ethyl adjacent to an activating group) is 1. The molecule has 1 aromatic carbocycles. The predicted molar refractivity (Wildman–Crippen MR) is 101 cm³/mol. The van der Waals surface area contributed by atoms with E-state index >= 15 is 0 Å². The van der Waals surface area contributed by atoms with E-state index in [1.807, 2.05) is 24.9 Å². The number of aryl methyl sites for hydroxylation is 2. The molecule has 1 aliphatic rings. The van der Waals surface area contributed by atoms with Crippen molar-refractivity contribution in [3.8, 4) is 0 Å². The molecule has 2 heterocycles. The van der Waals surface area contributed by atoms with Crippen LogP contribution in [-0.2, 0) is 11.3 Å². The van der Waals surface area contributed by atoms with Gasteiger partial charge in [-0.15, -0.1) is 0 Å². The summed E-state index contributed by atoms with van der Waals surface area (Å²) in [5, 5.41) is 7.61. The van der Waals surface area contributed by atoms with E-state index in [2.05, 4.69) is 46.5 Å². The lowest BCUT2D eigenvalue weighted by Crippen LogP contribution is -2.41. The highest BCUT2D eigenvalue weighted by Gasteiger charge is 2.26. The maximum Gasteiger partial charge on any atom is 0.242 e. The van der Waals surface area contributed by atoms with Crippen LogP contribution in [0.1, 0.15) is 42.4 Å². The molecule has 5 nitrogen and oxygen atoms in total. The molecule has 1 atom stereocenters. The van der Waals surface area contributed by atoms with Gasteiger partial charge in [-0.25, -0.2) is 4.68 Å². The zero-order valence-corrected chi connectivity index (χ0v) is 15.5. The number of nitrogens with zero attached hydrogens (tertiary/aromatic N) is 3. The molecule has 25 heavy (non-hydrogen) atoms. The van der Waals surface area contributed by atoms with Crippen LogP contribution in [0.3, 0.4) is 0 Å². The molecule has 134 valence electrons. The smallest absolute Gasteiger partial charge is 0.242 e. The fourth-order valence-electron chi connectivity index (χ4n) is 3.53. The number of rotatable bonds is 4. The summed E-state index contributed by atoms with van der Waals surface area (Å²) < 4.78 is 1.89. The van der Waals surface area contributed by atoms with Crippen molar-refractivity contribution in [2.24, 2.45) is 0 Å². The number of likely N-dealkylation sites (tertiary alicyclic amines) is 1. The van der Waals surface area contributed by atoms with Gasteiger partial charge in [0.1, 0.15) is 5.82 Å². The van der Waals surface area contributed by atoms with Crippen molar-refractivity contribution in [2.75, 3.05) is 18.9 Å². The summed E-state index contributed by atoms with van der Waals surface area (Å²) in [7, 11) is 2.05. The summed E-state index contributed by atoms with van der Waals surface area (Å²) >= 11 is 0. The molecule has 0 radical (unpaired) electrons. The van der Waals surface area contributed by atoms with Gasteiger partial charge in [-0.2, -0.15) is 5.10 Å². The molecule has 1 amide bonds. The van der Waals surface area contributed by atoms with Crippen LogP contribution in [0.5, 0.6) is 0 Å². The van der Waals surface area contributed by atoms with Crippen molar-refractivity contribution in [1.82, 2.24) is 14.7 Å². The Labute approximate surface area is 150 Å². The van der Waals surface area contributed by atoms with Crippen molar-refractivity contribution >= 4 is 11.7 Å². The predicted octanol–water partition coefficient (Wildman–Crippen LogP) is 3.36. The second kappa shape index (κ2) is 7.83. The molecule has 3 rings (SSSR count). The first-order valence-corrected chi connectivity index (χ1v) is 9.13. The molecular formula is C20H28N4O. The molecule has 0 bridgehead atoms. The van der Waals surface area contributed by atoms with E-state index in [1.165, 1.54) is 24.0 Å². The Bertz CT molecular complexity index is 737. The van der Waals surface area contributed by atoms with Crippen LogP contribution in [-0.4, -0.2) is 40.2 Å². The van der Waals surface area contributed by atoms with Crippen LogP contribution in [0.4, 0.5) is 5.82 Å². The summed E-state index contributed by atoms with van der Waals surface area (Å²) in [4.78, 5) is 15.0. The van der Waals surface area contributed by atoms with E-state index in [0.29, 0.717) is 6.54 Å². The lowest BCUT2D eigenvalue weighted by molar-refractivity contribution is -0.120. The Kier molecular flexibility index (Phi) is 5.53. The average Bonchev–Trinajstić information content (AvgIpc) is 2.78. The summed E-state index contributed by atoms with van der Waals surface area (Å²) in [6.45, 7) is 5.72. The molecule has 1 aromatic heterocycles. The Hall–Kier alpha value is -2.14. The first-order valence-electron chi connectivity index (χ1n) is 9.13. The largest absolute Gasteiger partial charge is 0.309 e. The molecule has 0 spiro atoms. The van der Waals surface area contributed by atoms with Gasteiger partial charge in [-0.3, -0.25) is 9.69 Å². The molecule has 1 aliphatic heterocycles. The Morgan fingerprint density at radius 1 is 1.28 bits per heavy atom. The third-order valence-electron chi connectivity index (χ3n) is 5.00. The maximum atomic E-state index is 12.8. The van der Waals surface area contributed by atoms with E-state index in [1.54, 1.807) is 0 Å². The molecular weight excluding hydrogens is 312 g/mol. The van der Waals surface area contributed by atoms with Crippen molar-refractivity contribution < 1.29 is 4.79 Å². The van der Waals surface area contributed by atoms with Crippen molar-refractivity contribution in [2.45, 2.75) is 52.1 Å². The molecule has 1 fully saturated rings. The van der Waals surface area contributed by atoms with Gasteiger partial charge >= 0.3 is 0 Å². The first-order chi connectivity index (χ1) is 12.0. The van der Waals surface area contributed by atoms with E-state index in [9.17, 15) is 4.79 Å². The van der Waals surface area contributed by atoms with Crippen LogP contribution < -0.4 is 5.32 Å². The van der Waals surface area contributed by atoms with Gasteiger partial charge in [0, 0.05) is 5.56 Å². The van der Waals surface area contributed by atoms with Gasteiger partial charge in [0.2, 0.25) is 5.91 Å². The van der Waals surface area contributed by atoms with Crippen LogP contribution in [0.25, 0.3) is 0 Å². The summed E-state index contributed by atoms with van der Waals surface area (Å²) in [6.07, 6.45) is 6.24. The zero-order valence-electron chi connectivity index (χ0n) is 15.5. The highest BCUT2D eigenvalue weighted by atomic mass is 16.2. The molecule has 1 unspecified atom stereocenters. The number of anilines is 1. The van der Waals surface area contributed by atoms with Crippen LogP contribution in [0.2, 0.25) is 0 Å². The number of carbonyl (C=O) groups is 1. The Balaban J connectivity index is 1.76. The molecule has 0 saturated carbocycles. The Morgan fingerprint density at radius 3 is 2.92 bits per heavy atom. The zero-order chi connectivity index (χ0) is 17.8. The summed E-state index contributed by atoms with van der Waals surface area (Å²) in [5.41, 5.74) is 3.41. The molecule has 1 saturated heterocycles. The number of hydrogen-bond acceptors (Lipinski definition) is 3. The van der Waals surface area contributed by atoms with Crippen LogP contribution in [0, 0.1) is 13.8 Å². The number of hydrogen-bond donors (Lipinski definition) is 1. The number of amides is 1. The minimum absolute atomic E-state index is 0.0516. The average molecular weight is 340 g/mol. The first kappa shape index (κ1) is 17.7. The maximum absolute atomic E-state index is 12.8. The van der Waals surface area contributed by atoms with Crippen LogP contribution >= 0.6 is 0 Å². The van der Waals surface area contributed by atoms with Crippen molar-refractivity contribution in [1.29, 1.82) is 0 Å². The number of carbonyl (C=O) groups excluding carboxylic acids is 1. The van der Waals surface area contributed by atoms with Gasteiger partial charge < -0.3 is 5.32 Å². The number of benzene rings is 1. The molecule has 1 N–H and O–H groups in total. The van der Waals surface area contributed by atoms with E-state index in [-0.39, 0.29) is 11.9 Å². The highest BCUT2D eigenvalue weighted by Crippen LogP contribution is 2.20. The normalized spacial score (nSPS) is 18.8. The van der Waals surface area contributed by atoms with E-state index in [4.69, 9.17) is 0 Å². The third-order valence-corrected chi connectivity index (χ3v) is 5.00. The second-order valence-electron chi connectivity index (χ2n) is 7.16. The number of aromatic nitrogens is 2. The monoisotopic (exact) mass is 340 g/mol.